The molecule has 1 heterocycles. The second-order valence-corrected chi connectivity index (χ2v) is 5.05. The molecule has 3 N–H and O–H groups in total. The topological polar surface area (TPSA) is 68.0 Å². The molecule has 0 aliphatic heterocycles. The molecule has 1 aliphatic rings. The standard InChI is InChI=1S/C14H21N3O/c15-12-4-5-13(10-12)17-14(18)3-1-2-11-6-8-16-9-7-11/h6-9,12-13H,1-5,10,15H2,(H,17,18). The van der Waals surface area contributed by atoms with Gasteiger partial charge in [0.25, 0.3) is 0 Å². The molecule has 4 nitrogen and oxygen atoms in total. The van der Waals surface area contributed by atoms with E-state index in [-0.39, 0.29) is 11.9 Å². The molecular weight excluding hydrogens is 226 g/mol. The Kier molecular flexibility index (Phi) is 4.70. The van der Waals surface area contributed by atoms with Gasteiger partial charge in [0.05, 0.1) is 0 Å². The number of nitrogens with two attached hydrogens (primary N) is 1. The molecule has 1 aliphatic carbocycles. The monoisotopic (exact) mass is 247 g/mol. The van der Waals surface area contributed by atoms with Crippen molar-refractivity contribution in [2.45, 2.75) is 50.6 Å². The fourth-order valence-corrected chi connectivity index (χ4v) is 2.45. The lowest BCUT2D eigenvalue weighted by molar-refractivity contribution is -0.121. The summed E-state index contributed by atoms with van der Waals surface area (Å²) in [5, 5.41) is 3.06. The van der Waals surface area contributed by atoms with Crippen LogP contribution in [-0.4, -0.2) is 23.0 Å². The smallest absolute Gasteiger partial charge is 0.220 e. The van der Waals surface area contributed by atoms with Crippen molar-refractivity contribution in [2.75, 3.05) is 0 Å². The molecule has 98 valence electrons. The summed E-state index contributed by atoms with van der Waals surface area (Å²) in [6, 6.07) is 4.56. The summed E-state index contributed by atoms with van der Waals surface area (Å²) in [6.07, 6.45) is 8.96. The first-order valence-corrected chi connectivity index (χ1v) is 6.68. The number of aryl methyl sites for hydroxylation is 1. The summed E-state index contributed by atoms with van der Waals surface area (Å²) in [4.78, 5) is 15.7. The van der Waals surface area contributed by atoms with Gasteiger partial charge in [0, 0.05) is 30.9 Å². The molecule has 0 spiro atoms. The van der Waals surface area contributed by atoms with Crippen molar-refractivity contribution in [3.63, 3.8) is 0 Å². The summed E-state index contributed by atoms with van der Waals surface area (Å²) in [5.41, 5.74) is 7.06. The van der Waals surface area contributed by atoms with Crippen molar-refractivity contribution in [1.82, 2.24) is 10.3 Å². The molecular formula is C14H21N3O. The van der Waals surface area contributed by atoms with Crippen molar-refractivity contribution >= 4 is 5.91 Å². The highest BCUT2D eigenvalue weighted by molar-refractivity contribution is 5.76. The molecule has 0 radical (unpaired) electrons. The Balaban J connectivity index is 1.63. The van der Waals surface area contributed by atoms with Gasteiger partial charge in [-0.25, -0.2) is 0 Å². The number of nitrogens with one attached hydrogen (secondary N) is 1. The summed E-state index contributed by atoms with van der Waals surface area (Å²) in [6.45, 7) is 0. The third-order valence-corrected chi connectivity index (χ3v) is 3.46. The summed E-state index contributed by atoms with van der Waals surface area (Å²) < 4.78 is 0. The van der Waals surface area contributed by atoms with Gasteiger partial charge >= 0.3 is 0 Å². The van der Waals surface area contributed by atoms with E-state index in [1.54, 1.807) is 12.4 Å². The van der Waals surface area contributed by atoms with Crippen molar-refractivity contribution < 1.29 is 4.79 Å². The van der Waals surface area contributed by atoms with Gasteiger partial charge in [-0.15, -0.1) is 0 Å². The Morgan fingerprint density at radius 2 is 2.17 bits per heavy atom. The van der Waals surface area contributed by atoms with Gasteiger partial charge in [-0.3, -0.25) is 9.78 Å². The maximum atomic E-state index is 11.7. The summed E-state index contributed by atoms with van der Waals surface area (Å²) in [5.74, 6) is 0.156. The lowest BCUT2D eigenvalue weighted by atomic mass is 10.1. The van der Waals surface area contributed by atoms with E-state index in [9.17, 15) is 4.79 Å². The van der Waals surface area contributed by atoms with E-state index >= 15 is 0 Å². The second kappa shape index (κ2) is 6.50. The van der Waals surface area contributed by atoms with Crippen LogP contribution in [0.3, 0.4) is 0 Å². The lowest BCUT2D eigenvalue weighted by Crippen LogP contribution is -2.33. The van der Waals surface area contributed by atoms with Crippen LogP contribution in [0.5, 0.6) is 0 Å². The quantitative estimate of drug-likeness (QED) is 0.826. The maximum Gasteiger partial charge on any atom is 0.220 e. The van der Waals surface area contributed by atoms with Crippen molar-refractivity contribution in [3.8, 4) is 0 Å². The third kappa shape index (κ3) is 4.11. The number of carbonyl (C=O) groups excluding carboxylic acids is 1. The molecule has 0 saturated heterocycles. The Hall–Kier alpha value is -1.42. The highest BCUT2D eigenvalue weighted by Crippen LogP contribution is 2.17. The van der Waals surface area contributed by atoms with Crippen LogP contribution < -0.4 is 11.1 Å². The van der Waals surface area contributed by atoms with Crippen LogP contribution in [0.1, 0.15) is 37.7 Å². The lowest BCUT2D eigenvalue weighted by Gasteiger charge is -2.12. The number of aromatic nitrogens is 1. The highest BCUT2D eigenvalue weighted by Gasteiger charge is 2.22. The van der Waals surface area contributed by atoms with E-state index in [4.69, 9.17) is 5.73 Å². The zero-order valence-electron chi connectivity index (χ0n) is 10.6. The van der Waals surface area contributed by atoms with E-state index in [2.05, 4.69) is 10.3 Å². The van der Waals surface area contributed by atoms with Gasteiger partial charge in [-0.2, -0.15) is 0 Å². The third-order valence-electron chi connectivity index (χ3n) is 3.46. The molecule has 1 saturated carbocycles. The maximum absolute atomic E-state index is 11.7. The number of rotatable bonds is 5. The SMILES string of the molecule is NC1CCC(NC(=O)CCCc2ccncc2)C1. The molecule has 0 aromatic carbocycles. The molecule has 18 heavy (non-hydrogen) atoms. The van der Waals surface area contributed by atoms with Gasteiger partial charge < -0.3 is 11.1 Å². The molecule has 1 aromatic heterocycles. The number of pyridine rings is 1. The van der Waals surface area contributed by atoms with Gasteiger partial charge in [0.2, 0.25) is 5.91 Å². The largest absolute Gasteiger partial charge is 0.353 e. The minimum Gasteiger partial charge on any atom is -0.353 e. The molecule has 0 bridgehead atoms. The number of hydrogen-bond acceptors (Lipinski definition) is 3. The second-order valence-electron chi connectivity index (χ2n) is 5.05. The average molecular weight is 247 g/mol. The first-order chi connectivity index (χ1) is 8.74. The van der Waals surface area contributed by atoms with Crippen LogP contribution >= 0.6 is 0 Å². The predicted molar refractivity (Wildman–Crippen MR) is 70.9 cm³/mol. The Labute approximate surface area is 108 Å². The molecule has 2 atom stereocenters. The van der Waals surface area contributed by atoms with Crippen LogP contribution in [0.25, 0.3) is 0 Å². The molecule has 2 rings (SSSR count). The molecule has 1 amide bonds. The van der Waals surface area contributed by atoms with Crippen molar-refractivity contribution in [2.24, 2.45) is 5.73 Å². The zero-order valence-corrected chi connectivity index (χ0v) is 10.6. The van der Waals surface area contributed by atoms with E-state index in [0.717, 1.165) is 32.1 Å². The predicted octanol–water partition coefficient (Wildman–Crippen LogP) is 1.40. The van der Waals surface area contributed by atoms with E-state index in [0.29, 0.717) is 12.5 Å². The van der Waals surface area contributed by atoms with Crippen LogP contribution in [0, 0.1) is 0 Å². The minimum absolute atomic E-state index is 0.156. The molecule has 2 unspecified atom stereocenters. The summed E-state index contributed by atoms with van der Waals surface area (Å²) >= 11 is 0. The van der Waals surface area contributed by atoms with Gasteiger partial charge in [-0.05, 0) is 49.8 Å². The van der Waals surface area contributed by atoms with E-state index in [1.807, 2.05) is 12.1 Å². The van der Waals surface area contributed by atoms with Gasteiger partial charge in [0.15, 0.2) is 0 Å². The molecule has 1 fully saturated rings. The van der Waals surface area contributed by atoms with Crippen LogP contribution in [-0.2, 0) is 11.2 Å². The Morgan fingerprint density at radius 3 is 2.83 bits per heavy atom. The number of hydrogen-bond donors (Lipinski definition) is 2. The van der Waals surface area contributed by atoms with E-state index < -0.39 is 0 Å². The number of carbonyl (C=O) groups is 1. The summed E-state index contributed by atoms with van der Waals surface area (Å²) in [7, 11) is 0. The fourth-order valence-electron chi connectivity index (χ4n) is 2.45. The number of amides is 1. The van der Waals surface area contributed by atoms with Crippen LogP contribution in [0.15, 0.2) is 24.5 Å². The van der Waals surface area contributed by atoms with Crippen molar-refractivity contribution in [1.29, 1.82) is 0 Å². The van der Waals surface area contributed by atoms with Gasteiger partial charge in [-0.1, -0.05) is 0 Å². The zero-order chi connectivity index (χ0) is 12.8. The van der Waals surface area contributed by atoms with Crippen molar-refractivity contribution in [3.05, 3.63) is 30.1 Å². The van der Waals surface area contributed by atoms with Crippen LogP contribution in [0.2, 0.25) is 0 Å². The normalized spacial score (nSPS) is 22.9. The van der Waals surface area contributed by atoms with E-state index in [1.165, 1.54) is 5.56 Å². The first kappa shape index (κ1) is 13.0. The minimum atomic E-state index is 0.156. The van der Waals surface area contributed by atoms with Gasteiger partial charge in [0.1, 0.15) is 0 Å². The fraction of sp³-hybridized carbons (Fsp3) is 0.571. The Bertz CT molecular complexity index is 380. The average Bonchev–Trinajstić information content (AvgIpc) is 2.76. The highest BCUT2D eigenvalue weighted by atomic mass is 16.1. The number of nitrogens with zero attached hydrogens (tertiary/aromatic N) is 1. The first-order valence-electron chi connectivity index (χ1n) is 6.68. The van der Waals surface area contributed by atoms with Crippen LogP contribution in [0.4, 0.5) is 0 Å². The molecule has 4 heteroatoms. The molecule has 1 aromatic rings. The Morgan fingerprint density at radius 1 is 1.39 bits per heavy atom.